The molecule has 6 heteroatoms. The van der Waals surface area contributed by atoms with E-state index in [1.165, 1.54) is 0 Å². The third kappa shape index (κ3) is 2.56. The molecule has 0 spiro atoms. The number of hydrogen-bond donors (Lipinski definition) is 0. The topological polar surface area (TPSA) is 75.6 Å². The lowest BCUT2D eigenvalue weighted by molar-refractivity contribution is 0.432. The summed E-state index contributed by atoms with van der Waals surface area (Å²) in [6.07, 6.45) is 1.67. The average molecular weight is 341 g/mol. The van der Waals surface area contributed by atoms with Crippen LogP contribution in [-0.2, 0) is 0 Å². The first kappa shape index (κ1) is 13.5. The number of nitrogens with zero attached hydrogens (tertiary/aromatic N) is 4. The van der Waals surface area contributed by atoms with Gasteiger partial charge in [-0.2, -0.15) is 10.2 Å². The van der Waals surface area contributed by atoms with E-state index in [-0.39, 0.29) is 0 Å². The van der Waals surface area contributed by atoms with Crippen LogP contribution < -0.4 is 0 Å². The maximum atomic E-state index is 8.89. The van der Waals surface area contributed by atoms with Crippen LogP contribution in [0, 0.1) is 18.3 Å². The molecule has 0 aliphatic heterocycles. The van der Waals surface area contributed by atoms with Crippen LogP contribution in [0.5, 0.6) is 0 Å². The van der Waals surface area contributed by atoms with Crippen molar-refractivity contribution >= 4 is 15.9 Å². The number of benzene rings is 1. The van der Waals surface area contributed by atoms with Gasteiger partial charge in [-0.1, -0.05) is 5.16 Å². The minimum Gasteiger partial charge on any atom is -0.334 e. The Labute approximate surface area is 129 Å². The molecule has 0 radical (unpaired) electrons. The summed E-state index contributed by atoms with van der Waals surface area (Å²) in [5, 5.41) is 12.9. The molecule has 21 heavy (non-hydrogen) atoms. The van der Waals surface area contributed by atoms with Crippen molar-refractivity contribution in [3.8, 4) is 29.0 Å². The van der Waals surface area contributed by atoms with Crippen molar-refractivity contribution in [2.45, 2.75) is 6.92 Å². The van der Waals surface area contributed by atoms with E-state index in [1.807, 2.05) is 19.1 Å². The van der Waals surface area contributed by atoms with Crippen LogP contribution in [0.1, 0.15) is 11.1 Å². The lowest BCUT2D eigenvalue weighted by atomic mass is 10.1. The molecule has 2 aromatic heterocycles. The minimum atomic E-state index is 0.407. The van der Waals surface area contributed by atoms with Gasteiger partial charge in [0.15, 0.2) is 0 Å². The maximum Gasteiger partial charge on any atom is 0.258 e. The van der Waals surface area contributed by atoms with E-state index in [0.717, 1.165) is 15.6 Å². The van der Waals surface area contributed by atoms with Crippen LogP contribution >= 0.6 is 15.9 Å². The molecule has 3 rings (SSSR count). The third-order valence-electron chi connectivity index (χ3n) is 2.98. The van der Waals surface area contributed by atoms with Crippen molar-refractivity contribution in [3.63, 3.8) is 0 Å². The first-order valence-corrected chi connectivity index (χ1v) is 6.94. The van der Waals surface area contributed by atoms with E-state index in [0.29, 0.717) is 23.0 Å². The average Bonchev–Trinajstić information content (AvgIpc) is 2.97. The second-order valence-electron chi connectivity index (χ2n) is 4.40. The lowest BCUT2D eigenvalue weighted by Crippen LogP contribution is -1.88. The fraction of sp³-hybridized carbons (Fsp3) is 0.0667. The molecule has 102 valence electrons. The lowest BCUT2D eigenvalue weighted by Gasteiger charge is -2.00. The van der Waals surface area contributed by atoms with Crippen LogP contribution in [0.25, 0.3) is 23.0 Å². The molecule has 2 heterocycles. The van der Waals surface area contributed by atoms with Gasteiger partial charge < -0.3 is 4.52 Å². The molecule has 0 amide bonds. The summed E-state index contributed by atoms with van der Waals surface area (Å²) < 4.78 is 6.11. The standard InChI is InChI=1S/C15H9BrN4O/c1-9-7-10(8-17)4-5-11(9)15-19-14(20-21-15)13-12(16)3-2-6-18-13/h2-7H,1H3. The number of aryl methyl sites for hydroxylation is 1. The van der Waals surface area contributed by atoms with E-state index in [4.69, 9.17) is 9.78 Å². The van der Waals surface area contributed by atoms with Crippen molar-refractivity contribution in [1.29, 1.82) is 5.26 Å². The fourth-order valence-electron chi connectivity index (χ4n) is 1.95. The van der Waals surface area contributed by atoms with E-state index < -0.39 is 0 Å². The van der Waals surface area contributed by atoms with E-state index in [1.54, 1.807) is 24.4 Å². The Morgan fingerprint density at radius 1 is 1.29 bits per heavy atom. The van der Waals surface area contributed by atoms with Gasteiger partial charge in [-0.15, -0.1) is 0 Å². The minimum absolute atomic E-state index is 0.407. The van der Waals surface area contributed by atoms with Crippen LogP contribution in [0.2, 0.25) is 0 Å². The van der Waals surface area contributed by atoms with Crippen LogP contribution in [0.15, 0.2) is 45.5 Å². The zero-order valence-electron chi connectivity index (χ0n) is 11.0. The van der Waals surface area contributed by atoms with Gasteiger partial charge >= 0.3 is 0 Å². The molecule has 0 saturated carbocycles. The van der Waals surface area contributed by atoms with Gasteiger partial charge in [-0.3, -0.25) is 4.98 Å². The highest BCUT2D eigenvalue weighted by Crippen LogP contribution is 2.27. The molecule has 5 nitrogen and oxygen atoms in total. The summed E-state index contributed by atoms with van der Waals surface area (Å²) in [4.78, 5) is 8.61. The molecule has 0 saturated heterocycles. The van der Waals surface area contributed by atoms with Crippen LogP contribution in [0.3, 0.4) is 0 Å². The summed E-state index contributed by atoms with van der Waals surface area (Å²) in [5.41, 5.74) is 2.94. The number of pyridine rings is 1. The zero-order valence-corrected chi connectivity index (χ0v) is 12.6. The highest BCUT2D eigenvalue weighted by atomic mass is 79.9. The molecule has 0 aliphatic rings. The number of aromatic nitrogens is 3. The number of rotatable bonds is 2. The van der Waals surface area contributed by atoms with Gasteiger partial charge in [0.2, 0.25) is 5.82 Å². The first-order valence-electron chi connectivity index (χ1n) is 6.15. The molecule has 0 bridgehead atoms. The largest absolute Gasteiger partial charge is 0.334 e. The number of hydrogen-bond acceptors (Lipinski definition) is 5. The van der Waals surface area contributed by atoms with Gasteiger partial charge in [0.05, 0.1) is 11.6 Å². The molecule has 0 atom stereocenters. The molecular weight excluding hydrogens is 332 g/mol. The summed E-state index contributed by atoms with van der Waals surface area (Å²) in [6.45, 7) is 1.90. The van der Waals surface area contributed by atoms with Crippen molar-refractivity contribution in [3.05, 3.63) is 52.1 Å². The fourth-order valence-corrected chi connectivity index (χ4v) is 2.38. The number of nitriles is 1. The Morgan fingerprint density at radius 3 is 2.86 bits per heavy atom. The van der Waals surface area contributed by atoms with Crippen molar-refractivity contribution in [2.24, 2.45) is 0 Å². The Bertz CT molecular complexity index is 851. The molecule has 0 unspecified atom stereocenters. The highest BCUT2D eigenvalue weighted by Gasteiger charge is 2.15. The molecular formula is C15H9BrN4O. The second-order valence-corrected chi connectivity index (χ2v) is 5.25. The van der Waals surface area contributed by atoms with Crippen LogP contribution in [0.4, 0.5) is 0 Å². The molecule has 1 aromatic carbocycles. The highest BCUT2D eigenvalue weighted by molar-refractivity contribution is 9.10. The number of halogens is 1. The monoisotopic (exact) mass is 340 g/mol. The maximum absolute atomic E-state index is 8.89. The van der Waals surface area contributed by atoms with Gasteiger partial charge in [0, 0.05) is 16.2 Å². The van der Waals surface area contributed by atoms with Crippen molar-refractivity contribution < 1.29 is 4.52 Å². The molecule has 0 N–H and O–H groups in total. The van der Waals surface area contributed by atoms with Gasteiger partial charge in [-0.25, -0.2) is 0 Å². The van der Waals surface area contributed by atoms with E-state index >= 15 is 0 Å². The molecule has 3 aromatic rings. The van der Waals surface area contributed by atoms with Gasteiger partial charge in [0.1, 0.15) is 5.69 Å². The molecule has 0 fully saturated rings. The van der Waals surface area contributed by atoms with Crippen molar-refractivity contribution in [1.82, 2.24) is 15.1 Å². The summed E-state index contributed by atoms with van der Waals surface area (Å²) in [5.74, 6) is 0.825. The smallest absolute Gasteiger partial charge is 0.258 e. The van der Waals surface area contributed by atoms with E-state index in [9.17, 15) is 0 Å². The summed E-state index contributed by atoms with van der Waals surface area (Å²) in [6, 6.07) is 11.1. The summed E-state index contributed by atoms with van der Waals surface area (Å²) in [7, 11) is 0. The SMILES string of the molecule is Cc1cc(C#N)ccc1-c1nc(-c2ncccc2Br)no1. The van der Waals surface area contributed by atoms with Crippen LogP contribution in [-0.4, -0.2) is 15.1 Å². The van der Waals surface area contributed by atoms with Crippen molar-refractivity contribution in [2.75, 3.05) is 0 Å². The van der Waals surface area contributed by atoms with E-state index in [2.05, 4.69) is 37.1 Å². The predicted octanol–water partition coefficient (Wildman–Crippen LogP) is 3.74. The normalized spacial score (nSPS) is 10.3. The quantitative estimate of drug-likeness (QED) is 0.710. The summed E-state index contributed by atoms with van der Waals surface area (Å²) >= 11 is 3.41. The predicted molar refractivity (Wildman–Crippen MR) is 80.1 cm³/mol. The Balaban J connectivity index is 2.03. The second kappa shape index (κ2) is 5.46. The Hall–Kier alpha value is -2.52. The zero-order chi connectivity index (χ0) is 14.8. The molecule has 0 aliphatic carbocycles. The Kier molecular flexibility index (Phi) is 3.50. The van der Waals surface area contributed by atoms with Gasteiger partial charge in [-0.05, 0) is 58.7 Å². The Morgan fingerprint density at radius 2 is 2.14 bits per heavy atom. The third-order valence-corrected chi connectivity index (χ3v) is 3.62. The van der Waals surface area contributed by atoms with Gasteiger partial charge in [0.25, 0.3) is 5.89 Å². The first-order chi connectivity index (χ1) is 10.2.